The van der Waals surface area contributed by atoms with Crippen molar-refractivity contribution >= 4 is 0 Å². The SMILES string of the molecule is Cc1[nH]ncc1CCCNC1CCCCC1. The van der Waals surface area contributed by atoms with E-state index in [0.29, 0.717) is 0 Å². The molecule has 1 heterocycles. The summed E-state index contributed by atoms with van der Waals surface area (Å²) < 4.78 is 0. The third kappa shape index (κ3) is 3.34. The van der Waals surface area contributed by atoms with Crippen LogP contribution in [0.1, 0.15) is 49.8 Å². The van der Waals surface area contributed by atoms with E-state index in [1.165, 1.54) is 49.8 Å². The molecule has 2 rings (SSSR count). The zero-order valence-corrected chi connectivity index (χ0v) is 10.3. The first-order valence-electron chi connectivity index (χ1n) is 6.58. The van der Waals surface area contributed by atoms with E-state index in [2.05, 4.69) is 22.4 Å². The molecule has 3 nitrogen and oxygen atoms in total. The molecule has 2 N–H and O–H groups in total. The summed E-state index contributed by atoms with van der Waals surface area (Å²) in [6.07, 6.45) is 11.3. The van der Waals surface area contributed by atoms with Crippen LogP contribution in [0.5, 0.6) is 0 Å². The van der Waals surface area contributed by atoms with Crippen LogP contribution in [-0.2, 0) is 6.42 Å². The Morgan fingerprint density at radius 3 is 2.88 bits per heavy atom. The van der Waals surface area contributed by atoms with Crippen molar-refractivity contribution < 1.29 is 0 Å². The predicted octanol–water partition coefficient (Wildman–Crippen LogP) is 2.57. The van der Waals surface area contributed by atoms with Crippen LogP contribution < -0.4 is 5.32 Å². The minimum Gasteiger partial charge on any atom is -0.314 e. The number of H-pyrrole nitrogens is 1. The molecule has 1 aromatic rings. The van der Waals surface area contributed by atoms with Crippen molar-refractivity contribution in [2.75, 3.05) is 6.54 Å². The topological polar surface area (TPSA) is 40.7 Å². The van der Waals surface area contributed by atoms with Gasteiger partial charge in [0.25, 0.3) is 0 Å². The molecule has 16 heavy (non-hydrogen) atoms. The number of aromatic amines is 1. The van der Waals surface area contributed by atoms with Crippen molar-refractivity contribution in [2.45, 2.75) is 57.9 Å². The van der Waals surface area contributed by atoms with E-state index in [9.17, 15) is 0 Å². The molecule has 0 aliphatic heterocycles. The van der Waals surface area contributed by atoms with Crippen LogP contribution in [0.4, 0.5) is 0 Å². The standard InChI is InChI=1S/C13H23N3/c1-11-12(10-15-16-11)6-5-9-14-13-7-3-2-4-8-13/h10,13-14H,2-9H2,1H3,(H,15,16). The van der Waals surface area contributed by atoms with E-state index >= 15 is 0 Å². The van der Waals surface area contributed by atoms with Crippen LogP contribution in [0.3, 0.4) is 0 Å². The number of aryl methyl sites for hydroxylation is 2. The van der Waals surface area contributed by atoms with Gasteiger partial charge in [-0.2, -0.15) is 5.10 Å². The summed E-state index contributed by atoms with van der Waals surface area (Å²) in [6.45, 7) is 3.24. The minimum atomic E-state index is 0.791. The molecule has 0 amide bonds. The maximum atomic E-state index is 4.04. The summed E-state index contributed by atoms with van der Waals surface area (Å²) in [5.74, 6) is 0. The molecule has 1 aromatic heterocycles. The Hall–Kier alpha value is -0.830. The van der Waals surface area contributed by atoms with Crippen LogP contribution in [-0.4, -0.2) is 22.8 Å². The first kappa shape index (κ1) is 11.6. The van der Waals surface area contributed by atoms with Crippen LogP contribution in [0, 0.1) is 6.92 Å². The Labute approximate surface area is 98.0 Å². The average molecular weight is 221 g/mol. The summed E-state index contributed by atoms with van der Waals surface area (Å²) in [4.78, 5) is 0. The van der Waals surface area contributed by atoms with Crippen molar-refractivity contribution in [3.63, 3.8) is 0 Å². The molecule has 1 fully saturated rings. The van der Waals surface area contributed by atoms with E-state index in [-0.39, 0.29) is 0 Å². The van der Waals surface area contributed by atoms with E-state index in [1.807, 2.05) is 6.20 Å². The highest BCUT2D eigenvalue weighted by molar-refractivity contribution is 5.14. The van der Waals surface area contributed by atoms with Crippen LogP contribution in [0.15, 0.2) is 6.20 Å². The monoisotopic (exact) mass is 221 g/mol. The van der Waals surface area contributed by atoms with Gasteiger partial charge in [-0.05, 0) is 44.7 Å². The van der Waals surface area contributed by atoms with E-state index in [4.69, 9.17) is 0 Å². The Bertz CT molecular complexity index is 300. The molecule has 0 spiro atoms. The molecular formula is C13H23N3. The largest absolute Gasteiger partial charge is 0.314 e. The molecule has 0 atom stereocenters. The first-order valence-corrected chi connectivity index (χ1v) is 6.58. The lowest BCUT2D eigenvalue weighted by atomic mass is 9.95. The minimum absolute atomic E-state index is 0.791. The number of nitrogens with one attached hydrogen (secondary N) is 2. The van der Waals surface area contributed by atoms with Gasteiger partial charge < -0.3 is 5.32 Å². The smallest absolute Gasteiger partial charge is 0.0522 e. The van der Waals surface area contributed by atoms with Crippen LogP contribution >= 0.6 is 0 Å². The Morgan fingerprint density at radius 1 is 1.38 bits per heavy atom. The van der Waals surface area contributed by atoms with Gasteiger partial charge in [0.1, 0.15) is 0 Å². The fourth-order valence-electron chi connectivity index (χ4n) is 2.52. The lowest BCUT2D eigenvalue weighted by Gasteiger charge is -2.22. The van der Waals surface area contributed by atoms with Crippen molar-refractivity contribution in [1.29, 1.82) is 0 Å². The number of rotatable bonds is 5. The molecule has 0 bridgehead atoms. The summed E-state index contributed by atoms with van der Waals surface area (Å²) >= 11 is 0. The van der Waals surface area contributed by atoms with Gasteiger partial charge in [-0.1, -0.05) is 19.3 Å². The summed E-state index contributed by atoms with van der Waals surface area (Å²) in [7, 11) is 0. The average Bonchev–Trinajstić information content (AvgIpc) is 2.72. The summed E-state index contributed by atoms with van der Waals surface area (Å²) in [5, 5.41) is 10.7. The van der Waals surface area contributed by atoms with Gasteiger partial charge in [0.05, 0.1) is 6.20 Å². The van der Waals surface area contributed by atoms with E-state index in [0.717, 1.165) is 19.0 Å². The Kier molecular flexibility index (Phi) is 4.40. The van der Waals surface area contributed by atoms with Crippen LogP contribution in [0.2, 0.25) is 0 Å². The molecule has 0 unspecified atom stereocenters. The molecule has 90 valence electrons. The Balaban J connectivity index is 1.59. The zero-order valence-electron chi connectivity index (χ0n) is 10.3. The van der Waals surface area contributed by atoms with Gasteiger partial charge in [-0.3, -0.25) is 5.10 Å². The second-order valence-electron chi connectivity index (χ2n) is 4.91. The third-order valence-corrected chi connectivity index (χ3v) is 3.60. The number of aromatic nitrogens is 2. The molecular weight excluding hydrogens is 198 g/mol. The highest BCUT2D eigenvalue weighted by Gasteiger charge is 2.11. The number of nitrogens with zero attached hydrogens (tertiary/aromatic N) is 1. The molecule has 0 radical (unpaired) electrons. The fourth-order valence-corrected chi connectivity index (χ4v) is 2.52. The first-order chi connectivity index (χ1) is 7.86. The molecule has 0 aromatic carbocycles. The van der Waals surface area contributed by atoms with E-state index in [1.54, 1.807) is 0 Å². The quantitative estimate of drug-likeness (QED) is 0.750. The Morgan fingerprint density at radius 2 is 2.19 bits per heavy atom. The van der Waals surface area contributed by atoms with Gasteiger partial charge >= 0.3 is 0 Å². The lowest BCUT2D eigenvalue weighted by molar-refractivity contribution is 0.372. The van der Waals surface area contributed by atoms with Gasteiger partial charge in [0.2, 0.25) is 0 Å². The highest BCUT2D eigenvalue weighted by Crippen LogP contribution is 2.17. The fraction of sp³-hybridized carbons (Fsp3) is 0.769. The van der Waals surface area contributed by atoms with Gasteiger partial charge in [-0.25, -0.2) is 0 Å². The van der Waals surface area contributed by atoms with Gasteiger partial charge in [-0.15, -0.1) is 0 Å². The second-order valence-corrected chi connectivity index (χ2v) is 4.91. The van der Waals surface area contributed by atoms with Gasteiger partial charge in [0.15, 0.2) is 0 Å². The highest BCUT2D eigenvalue weighted by atomic mass is 15.1. The van der Waals surface area contributed by atoms with Crippen molar-refractivity contribution in [3.8, 4) is 0 Å². The zero-order chi connectivity index (χ0) is 11.2. The molecule has 3 heteroatoms. The maximum Gasteiger partial charge on any atom is 0.0522 e. The third-order valence-electron chi connectivity index (χ3n) is 3.60. The normalized spacial score (nSPS) is 17.8. The number of hydrogen-bond donors (Lipinski definition) is 2. The maximum absolute atomic E-state index is 4.04. The van der Waals surface area contributed by atoms with E-state index < -0.39 is 0 Å². The number of hydrogen-bond acceptors (Lipinski definition) is 2. The molecule has 1 aliphatic carbocycles. The molecule has 1 saturated carbocycles. The van der Waals surface area contributed by atoms with Crippen LogP contribution in [0.25, 0.3) is 0 Å². The second kappa shape index (κ2) is 6.04. The molecule has 1 aliphatic rings. The van der Waals surface area contributed by atoms with Crippen molar-refractivity contribution in [2.24, 2.45) is 0 Å². The summed E-state index contributed by atoms with van der Waals surface area (Å²) in [5.41, 5.74) is 2.59. The molecule has 0 saturated heterocycles. The lowest BCUT2D eigenvalue weighted by Crippen LogP contribution is -2.31. The van der Waals surface area contributed by atoms with Crippen molar-refractivity contribution in [3.05, 3.63) is 17.5 Å². The predicted molar refractivity (Wildman–Crippen MR) is 66.5 cm³/mol. The van der Waals surface area contributed by atoms with Gasteiger partial charge in [0, 0.05) is 11.7 Å². The summed E-state index contributed by atoms with van der Waals surface area (Å²) in [6, 6.07) is 0.791. The van der Waals surface area contributed by atoms with Crippen molar-refractivity contribution in [1.82, 2.24) is 15.5 Å².